The number of nitrogens with zero attached hydrogens (tertiary/aromatic N) is 3. The highest BCUT2D eigenvalue weighted by atomic mass is 32.2. The quantitative estimate of drug-likeness (QED) is 0.458. The highest BCUT2D eigenvalue weighted by Crippen LogP contribution is 2.36. The number of rotatable bonds is 7. The molecule has 3 aromatic heterocycles. The normalized spacial score (nSPS) is 11.7. The van der Waals surface area contributed by atoms with E-state index in [1.165, 1.54) is 4.57 Å². The molecule has 3 heterocycles. The molecule has 31 heavy (non-hydrogen) atoms. The zero-order valence-corrected chi connectivity index (χ0v) is 18.2. The van der Waals surface area contributed by atoms with Gasteiger partial charge >= 0.3 is 0 Å². The molecule has 0 bridgehead atoms. The maximum atomic E-state index is 12.5. The van der Waals surface area contributed by atoms with Gasteiger partial charge in [-0.05, 0) is 37.3 Å². The van der Waals surface area contributed by atoms with Gasteiger partial charge in [0.05, 0.1) is 11.4 Å². The summed E-state index contributed by atoms with van der Waals surface area (Å²) in [4.78, 5) is 15.5. The topological polar surface area (TPSA) is 111 Å². The molecule has 2 N–H and O–H groups in total. The Morgan fingerprint density at radius 1 is 1.16 bits per heavy atom. The number of fused-ring (bicyclic) bond motifs is 1. The number of hydrogen-bond donors (Lipinski definition) is 2. The maximum absolute atomic E-state index is 12.5. The molecule has 0 unspecified atom stereocenters. The summed E-state index contributed by atoms with van der Waals surface area (Å²) < 4.78 is 36.1. The molecule has 0 saturated heterocycles. The number of benzene rings is 1. The summed E-state index contributed by atoms with van der Waals surface area (Å²) in [6, 6.07) is 8.78. The second kappa shape index (κ2) is 7.95. The minimum atomic E-state index is -3.45. The van der Waals surface area contributed by atoms with Crippen LogP contribution in [0.1, 0.15) is 12.6 Å². The number of H-pyrrole nitrogens is 1. The number of aromatic nitrogens is 4. The number of pyridine rings is 1. The number of hydrogen-bond acceptors (Lipinski definition) is 5. The largest absolute Gasteiger partial charge is 0.487 e. The molecule has 0 saturated carbocycles. The summed E-state index contributed by atoms with van der Waals surface area (Å²) in [5, 5.41) is 4.87. The minimum absolute atomic E-state index is 0.0387. The van der Waals surface area contributed by atoms with Crippen LogP contribution < -0.4 is 15.0 Å². The number of aryl methyl sites for hydroxylation is 2. The zero-order chi connectivity index (χ0) is 22.2. The van der Waals surface area contributed by atoms with E-state index in [2.05, 4.69) is 14.8 Å². The van der Waals surface area contributed by atoms with E-state index in [0.717, 1.165) is 16.6 Å². The highest BCUT2D eigenvalue weighted by molar-refractivity contribution is 7.92. The third kappa shape index (κ3) is 4.06. The van der Waals surface area contributed by atoms with E-state index >= 15 is 0 Å². The van der Waals surface area contributed by atoms with Gasteiger partial charge in [-0.3, -0.25) is 14.2 Å². The van der Waals surface area contributed by atoms with Crippen molar-refractivity contribution in [2.45, 2.75) is 13.5 Å². The van der Waals surface area contributed by atoms with Crippen molar-refractivity contribution in [2.24, 2.45) is 14.1 Å². The lowest BCUT2D eigenvalue weighted by Crippen LogP contribution is -2.17. The van der Waals surface area contributed by atoms with Gasteiger partial charge in [0.2, 0.25) is 10.0 Å². The second-order valence-corrected chi connectivity index (χ2v) is 9.19. The SMILES string of the molecule is CCS(=O)(=O)Nc1ccc(OCc2ccnn2C)c(-c2cn(C)c(=O)c3[nH]ccc23)c1. The van der Waals surface area contributed by atoms with Crippen LogP contribution in [0.2, 0.25) is 0 Å². The molecule has 162 valence electrons. The molecular formula is C21H23N5O4S. The maximum Gasteiger partial charge on any atom is 0.274 e. The van der Waals surface area contributed by atoms with E-state index in [-0.39, 0.29) is 17.9 Å². The first-order valence-corrected chi connectivity index (χ1v) is 11.4. The van der Waals surface area contributed by atoms with Crippen molar-refractivity contribution in [1.82, 2.24) is 19.3 Å². The lowest BCUT2D eigenvalue weighted by molar-refractivity contribution is 0.296. The van der Waals surface area contributed by atoms with Gasteiger partial charge in [0, 0.05) is 54.9 Å². The van der Waals surface area contributed by atoms with Gasteiger partial charge in [0.1, 0.15) is 17.9 Å². The summed E-state index contributed by atoms with van der Waals surface area (Å²) in [5.74, 6) is 0.518. The third-order valence-electron chi connectivity index (χ3n) is 5.12. The Morgan fingerprint density at radius 3 is 2.68 bits per heavy atom. The Labute approximate surface area is 179 Å². The molecule has 0 aliphatic carbocycles. The van der Waals surface area contributed by atoms with Crippen LogP contribution in [0, 0.1) is 0 Å². The molecule has 0 amide bonds. The Morgan fingerprint density at radius 2 is 1.97 bits per heavy atom. The molecule has 1 aromatic carbocycles. The van der Waals surface area contributed by atoms with Gasteiger partial charge in [0.25, 0.3) is 5.56 Å². The number of nitrogens with one attached hydrogen (secondary N) is 2. The van der Waals surface area contributed by atoms with Gasteiger partial charge < -0.3 is 14.3 Å². The van der Waals surface area contributed by atoms with Crippen LogP contribution in [0.4, 0.5) is 5.69 Å². The van der Waals surface area contributed by atoms with Crippen LogP contribution in [-0.4, -0.2) is 33.5 Å². The Balaban J connectivity index is 1.85. The van der Waals surface area contributed by atoms with Crippen LogP contribution in [-0.2, 0) is 30.7 Å². The Hall–Kier alpha value is -3.53. The summed E-state index contributed by atoms with van der Waals surface area (Å²) in [6.07, 6.45) is 5.12. The first kappa shape index (κ1) is 20.7. The van der Waals surface area contributed by atoms with E-state index in [9.17, 15) is 13.2 Å². The zero-order valence-electron chi connectivity index (χ0n) is 17.4. The van der Waals surface area contributed by atoms with E-state index < -0.39 is 10.0 Å². The number of ether oxygens (including phenoxy) is 1. The first-order chi connectivity index (χ1) is 14.8. The Kier molecular flexibility index (Phi) is 5.32. The number of aromatic amines is 1. The minimum Gasteiger partial charge on any atom is -0.487 e. The monoisotopic (exact) mass is 441 g/mol. The Bertz CT molecular complexity index is 1420. The predicted octanol–water partition coefficient (Wildman–Crippen LogP) is 2.61. The molecule has 0 atom stereocenters. The lowest BCUT2D eigenvalue weighted by Gasteiger charge is -2.16. The summed E-state index contributed by atoms with van der Waals surface area (Å²) in [5.41, 5.74) is 3.03. The van der Waals surface area contributed by atoms with Crippen molar-refractivity contribution in [2.75, 3.05) is 10.5 Å². The predicted molar refractivity (Wildman–Crippen MR) is 120 cm³/mol. The van der Waals surface area contributed by atoms with Crippen molar-refractivity contribution >= 4 is 26.6 Å². The summed E-state index contributed by atoms with van der Waals surface area (Å²) >= 11 is 0. The van der Waals surface area contributed by atoms with Crippen LogP contribution >= 0.6 is 0 Å². The molecule has 0 radical (unpaired) electrons. The molecule has 0 aliphatic heterocycles. The average Bonchev–Trinajstić information content (AvgIpc) is 3.39. The van der Waals surface area contributed by atoms with Crippen molar-refractivity contribution in [3.05, 3.63) is 65.0 Å². The number of sulfonamides is 1. The van der Waals surface area contributed by atoms with Crippen LogP contribution in [0.25, 0.3) is 22.0 Å². The molecular weight excluding hydrogens is 418 g/mol. The fourth-order valence-corrected chi connectivity index (χ4v) is 3.99. The average molecular weight is 442 g/mol. The number of anilines is 1. The van der Waals surface area contributed by atoms with Gasteiger partial charge in [0.15, 0.2) is 0 Å². The van der Waals surface area contributed by atoms with E-state index in [1.54, 1.807) is 55.4 Å². The summed E-state index contributed by atoms with van der Waals surface area (Å²) in [6.45, 7) is 1.86. The van der Waals surface area contributed by atoms with Gasteiger partial charge in [-0.25, -0.2) is 8.42 Å². The molecule has 9 nitrogen and oxygen atoms in total. The van der Waals surface area contributed by atoms with Crippen molar-refractivity contribution in [1.29, 1.82) is 0 Å². The lowest BCUT2D eigenvalue weighted by atomic mass is 10.0. The smallest absolute Gasteiger partial charge is 0.274 e. The molecule has 10 heteroatoms. The van der Waals surface area contributed by atoms with E-state index in [1.807, 2.05) is 19.2 Å². The molecule has 0 fully saturated rings. The molecule has 4 aromatic rings. The molecule has 0 spiro atoms. The van der Waals surface area contributed by atoms with E-state index in [4.69, 9.17) is 4.74 Å². The highest BCUT2D eigenvalue weighted by Gasteiger charge is 2.17. The van der Waals surface area contributed by atoms with Gasteiger partial charge in [-0.15, -0.1) is 0 Å². The second-order valence-electron chi connectivity index (χ2n) is 7.18. The van der Waals surface area contributed by atoms with Crippen molar-refractivity contribution in [3.8, 4) is 16.9 Å². The fourth-order valence-electron chi connectivity index (χ4n) is 3.36. The standard InChI is InChI=1S/C21H23N5O4S/c1-4-31(28,29)24-14-5-6-19(30-13-15-7-10-23-26(15)3)17(11-14)18-12-25(2)21(27)20-16(18)8-9-22-20/h5-12,22,24H,4,13H2,1-3H3. The van der Waals surface area contributed by atoms with Crippen LogP contribution in [0.5, 0.6) is 5.75 Å². The van der Waals surface area contributed by atoms with Crippen LogP contribution in [0.3, 0.4) is 0 Å². The van der Waals surface area contributed by atoms with Gasteiger partial charge in [-0.2, -0.15) is 5.10 Å². The van der Waals surface area contributed by atoms with Gasteiger partial charge in [-0.1, -0.05) is 0 Å². The molecule has 0 aliphatic rings. The first-order valence-electron chi connectivity index (χ1n) is 9.70. The van der Waals surface area contributed by atoms with Crippen molar-refractivity contribution < 1.29 is 13.2 Å². The van der Waals surface area contributed by atoms with Crippen molar-refractivity contribution in [3.63, 3.8) is 0 Å². The summed E-state index contributed by atoms with van der Waals surface area (Å²) in [7, 11) is 0.0564. The van der Waals surface area contributed by atoms with E-state index in [0.29, 0.717) is 22.5 Å². The molecule has 4 rings (SSSR count). The van der Waals surface area contributed by atoms with Crippen LogP contribution in [0.15, 0.2) is 53.7 Å². The fraction of sp³-hybridized carbons (Fsp3) is 0.238. The third-order valence-corrected chi connectivity index (χ3v) is 6.42.